The molecule has 1 aromatic heterocycles. The summed E-state index contributed by atoms with van der Waals surface area (Å²) in [7, 11) is 0. The number of aryl methyl sites for hydroxylation is 1. The average molecular weight is 589 g/mol. The molecule has 200 valence electrons. The van der Waals surface area contributed by atoms with Crippen molar-refractivity contribution in [3.8, 4) is 0 Å². The molecule has 39 heavy (non-hydrogen) atoms. The van der Waals surface area contributed by atoms with Gasteiger partial charge in [0.05, 0.1) is 4.47 Å². The fourth-order valence-electron chi connectivity index (χ4n) is 4.38. The van der Waals surface area contributed by atoms with E-state index in [2.05, 4.69) is 33.5 Å². The number of halogens is 1. The van der Waals surface area contributed by atoms with Crippen LogP contribution < -0.4 is 20.1 Å². The van der Waals surface area contributed by atoms with Gasteiger partial charge >= 0.3 is 0 Å². The van der Waals surface area contributed by atoms with Crippen molar-refractivity contribution < 1.29 is 19.0 Å². The molecule has 4 rings (SSSR count). The van der Waals surface area contributed by atoms with Crippen LogP contribution in [0, 0.1) is 0 Å². The van der Waals surface area contributed by atoms with Crippen LogP contribution in [0.4, 0.5) is 11.4 Å². The lowest BCUT2D eigenvalue weighted by molar-refractivity contribution is -0.697. The molecule has 4 aromatic rings. The molecule has 3 aromatic carbocycles. The monoisotopic (exact) mass is 587 g/mol. The lowest BCUT2D eigenvalue weighted by atomic mass is 10.1. The smallest absolute Gasteiger partial charge is 0.264 e. The third kappa shape index (κ3) is 7.74. The summed E-state index contributed by atoms with van der Waals surface area (Å²) >= 11 is 3.50. The largest absolute Gasteiger partial charge is 0.356 e. The van der Waals surface area contributed by atoms with E-state index in [4.69, 9.17) is 0 Å². The Morgan fingerprint density at radius 1 is 0.872 bits per heavy atom. The van der Waals surface area contributed by atoms with Crippen molar-refractivity contribution in [3.63, 3.8) is 0 Å². The minimum Gasteiger partial charge on any atom is -0.356 e. The number of benzene rings is 3. The maximum atomic E-state index is 13.5. The van der Waals surface area contributed by atoms with Gasteiger partial charge in [0, 0.05) is 49.1 Å². The molecule has 0 saturated heterocycles. The highest BCUT2D eigenvalue weighted by molar-refractivity contribution is 9.10. The molecule has 0 saturated carbocycles. The molecular weight excluding hydrogens is 556 g/mol. The Labute approximate surface area is 237 Å². The van der Waals surface area contributed by atoms with Gasteiger partial charge in [0.2, 0.25) is 11.8 Å². The lowest BCUT2D eigenvalue weighted by Gasteiger charge is -2.22. The van der Waals surface area contributed by atoms with Crippen molar-refractivity contribution in [1.29, 1.82) is 0 Å². The standard InChI is InChI=1S/C31H31BrN4O3/c1-2-18-35-21-24(20-25(32)22-35)31(39)36(26-11-4-3-5-12-26)19-16-29(37)33-17-15-30(38)34-28-14-8-10-23-9-6-7-13-27(23)28/h3-14,20-22H,2,15-19H2,1H3,(H-,33,34,37,38)/p+1. The molecule has 0 fully saturated rings. The Morgan fingerprint density at radius 2 is 1.62 bits per heavy atom. The number of amides is 3. The van der Waals surface area contributed by atoms with Gasteiger partial charge in [-0.05, 0) is 45.6 Å². The summed E-state index contributed by atoms with van der Waals surface area (Å²) in [5.74, 6) is -0.589. The number of para-hydroxylation sites is 1. The number of nitrogens with zero attached hydrogens (tertiary/aromatic N) is 2. The van der Waals surface area contributed by atoms with Crippen LogP contribution in [0.3, 0.4) is 0 Å². The number of aromatic nitrogens is 1. The summed E-state index contributed by atoms with van der Waals surface area (Å²) in [4.78, 5) is 40.3. The minimum absolute atomic E-state index is 0.106. The molecule has 1 heterocycles. The SMILES string of the molecule is CCC[n+]1cc(Br)cc(C(=O)N(CCC(=O)NCCC(=O)Nc2cccc3ccccc23)c2ccccc2)c1. The van der Waals surface area contributed by atoms with Gasteiger partial charge in [-0.2, -0.15) is 0 Å². The van der Waals surface area contributed by atoms with Crippen LogP contribution in [0.1, 0.15) is 36.5 Å². The van der Waals surface area contributed by atoms with Crippen LogP contribution in [0.15, 0.2) is 95.7 Å². The Morgan fingerprint density at radius 3 is 2.41 bits per heavy atom. The molecule has 0 aliphatic carbocycles. The number of hydrogen-bond donors (Lipinski definition) is 2. The number of rotatable bonds is 11. The van der Waals surface area contributed by atoms with Gasteiger partial charge in [-0.15, -0.1) is 0 Å². The first-order valence-corrected chi connectivity index (χ1v) is 13.8. The Kier molecular flexibility index (Phi) is 9.80. The molecule has 0 bridgehead atoms. The molecule has 0 aliphatic rings. The predicted molar refractivity (Wildman–Crippen MR) is 158 cm³/mol. The van der Waals surface area contributed by atoms with E-state index in [-0.39, 0.29) is 43.7 Å². The third-order valence-electron chi connectivity index (χ3n) is 6.23. The maximum absolute atomic E-state index is 13.5. The number of fused-ring (bicyclic) bond motifs is 1. The van der Waals surface area contributed by atoms with Crippen molar-refractivity contribution in [2.75, 3.05) is 23.3 Å². The molecular formula is C31H32BrN4O3+. The third-order valence-corrected chi connectivity index (χ3v) is 6.66. The van der Waals surface area contributed by atoms with Gasteiger partial charge in [0.25, 0.3) is 5.91 Å². The average Bonchev–Trinajstić information content (AvgIpc) is 2.94. The Balaban J connectivity index is 1.34. The van der Waals surface area contributed by atoms with Gasteiger partial charge in [0.1, 0.15) is 12.1 Å². The van der Waals surface area contributed by atoms with Crippen LogP contribution in [-0.4, -0.2) is 30.8 Å². The van der Waals surface area contributed by atoms with E-state index < -0.39 is 0 Å². The summed E-state index contributed by atoms with van der Waals surface area (Å²) in [6.07, 6.45) is 4.97. The maximum Gasteiger partial charge on any atom is 0.264 e. The van der Waals surface area contributed by atoms with E-state index >= 15 is 0 Å². The minimum atomic E-state index is -0.225. The highest BCUT2D eigenvalue weighted by Gasteiger charge is 2.22. The van der Waals surface area contributed by atoms with Crippen LogP contribution in [0.5, 0.6) is 0 Å². The van der Waals surface area contributed by atoms with Crippen LogP contribution >= 0.6 is 15.9 Å². The summed E-state index contributed by atoms with van der Waals surface area (Å²) in [6, 6.07) is 24.7. The van der Waals surface area contributed by atoms with E-state index in [1.54, 1.807) is 11.0 Å². The molecule has 8 heteroatoms. The van der Waals surface area contributed by atoms with Crippen LogP contribution in [0.2, 0.25) is 0 Å². The number of carbonyl (C=O) groups excluding carboxylic acids is 3. The predicted octanol–water partition coefficient (Wildman–Crippen LogP) is 5.48. The van der Waals surface area contributed by atoms with Crippen molar-refractivity contribution in [1.82, 2.24) is 5.32 Å². The van der Waals surface area contributed by atoms with E-state index in [9.17, 15) is 14.4 Å². The molecule has 0 spiro atoms. The van der Waals surface area contributed by atoms with E-state index in [0.717, 1.165) is 33.9 Å². The zero-order chi connectivity index (χ0) is 27.6. The number of pyridine rings is 1. The number of nitrogens with one attached hydrogen (secondary N) is 2. The van der Waals surface area contributed by atoms with Gasteiger partial charge in [0.15, 0.2) is 12.4 Å². The summed E-state index contributed by atoms with van der Waals surface area (Å²) in [5.41, 5.74) is 1.99. The summed E-state index contributed by atoms with van der Waals surface area (Å²) in [5, 5.41) is 7.75. The number of anilines is 2. The summed E-state index contributed by atoms with van der Waals surface area (Å²) in [6.45, 7) is 3.29. The second-order valence-corrected chi connectivity index (χ2v) is 10.1. The molecule has 0 unspecified atom stereocenters. The summed E-state index contributed by atoms with van der Waals surface area (Å²) < 4.78 is 2.80. The van der Waals surface area contributed by atoms with Gasteiger partial charge in [-0.3, -0.25) is 14.4 Å². The van der Waals surface area contributed by atoms with Crippen molar-refractivity contribution >= 4 is 55.8 Å². The Bertz CT molecular complexity index is 1450. The molecule has 0 radical (unpaired) electrons. The molecule has 3 amide bonds. The highest BCUT2D eigenvalue weighted by Crippen LogP contribution is 2.23. The van der Waals surface area contributed by atoms with Gasteiger partial charge < -0.3 is 15.5 Å². The first kappa shape index (κ1) is 28.0. The second kappa shape index (κ2) is 13.7. The zero-order valence-corrected chi connectivity index (χ0v) is 23.5. The normalized spacial score (nSPS) is 10.7. The van der Waals surface area contributed by atoms with Crippen molar-refractivity contribution in [2.45, 2.75) is 32.7 Å². The van der Waals surface area contributed by atoms with Gasteiger partial charge in [-0.1, -0.05) is 61.5 Å². The second-order valence-electron chi connectivity index (χ2n) is 9.20. The van der Waals surface area contributed by atoms with E-state index in [1.807, 2.05) is 89.8 Å². The number of hydrogen-bond acceptors (Lipinski definition) is 3. The number of carbonyl (C=O) groups is 3. The molecule has 0 atom stereocenters. The topological polar surface area (TPSA) is 82.4 Å². The zero-order valence-electron chi connectivity index (χ0n) is 21.9. The first-order chi connectivity index (χ1) is 18.9. The van der Waals surface area contributed by atoms with Crippen LogP contribution in [-0.2, 0) is 16.1 Å². The molecule has 7 nitrogen and oxygen atoms in total. The van der Waals surface area contributed by atoms with E-state index in [1.165, 1.54) is 0 Å². The molecule has 2 N–H and O–H groups in total. The van der Waals surface area contributed by atoms with Crippen molar-refractivity contribution in [3.05, 3.63) is 101 Å². The molecule has 0 aliphatic heterocycles. The Hall–Kier alpha value is -4.04. The fourth-order valence-corrected chi connectivity index (χ4v) is 4.89. The first-order valence-electron chi connectivity index (χ1n) is 13.1. The highest BCUT2D eigenvalue weighted by atomic mass is 79.9. The fraction of sp³-hybridized carbons (Fsp3) is 0.226. The lowest BCUT2D eigenvalue weighted by Crippen LogP contribution is -2.39. The van der Waals surface area contributed by atoms with Crippen molar-refractivity contribution in [2.24, 2.45) is 0 Å². The van der Waals surface area contributed by atoms with Crippen LogP contribution in [0.25, 0.3) is 10.8 Å². The van der Waals surface area contributed by atoms with Gasteiger partial charge in [-0.25, -0.2) is 4.57 Å². The van der Waals surface area contributed by atoms with E-state index in [0.29, 0.717) is 11.3 Å². The quantitative estimate of drug-likeness (QED) is 0.228.